The maximum absolute atomic E-state index is 12.3. The molecule has 84 valence electrons. The van der Waals surface area contributed by atoms with Crippen molar-refractivity contribution in [1.29, 1.82) is 0 Å². The zero-order valence-corrected chi connectivity index (χ0v) is 8.70. The molecular weight excluding hydrogens is 227 g/mol. The summed E-state index contributed by atoms with van der Waals surface area (Å²) >= 11 is 5.73. The van der Waals surface area contributed by atoms with Gasteiger partial charge in [-0.05, 0) is 37.1 Å². The second-order valence-electron chi connectivity index (χ2n) is 3.20. The third-order valence-corrected chi connectivity index (χ3v) is 2.38. The number of rotatable bonds is 3. The Morgan fingerprint density at radius 2 is 1.93 bits per heavy atom. The molecular formula is C10H11ClF3N. The highest BCUT2D eigenvalue weighted by molar-refractivity contribution is 6.31. The first-order chi connectivity index (χ1) is 6.95. The van der Waals surface area contributed by atoms with Crippen molar-refractivity contribution < 1.29 is 13.2 Å². The number of benzene rings is 1. The lowest BCUT2D eigenvalue weighted by Crippen LogP contribution is -2.06. The Hall–Kier alpha value is -0.740. The summed E-state index contributed by atoms with van der Waals surface area (Å²) in [5.74, 6) is 0. The molecule has 2 N–H and O–H groups in total. The molecule has 0 unspecified atom stereocenters. The molecule has 1 aromatic carbocycles. The number of hydrogen-bond acceptors (Lipinski definition) is 1. The molecule has 0 spiro atoms. The van der Waals surface area contributed by atoms with E-state index < -0.39 is 11.7 Å². The maximum Gasteiger partial charge on any atom is 0.416 e. The number of aryl methyl sites for hydroxylation is 1. The summed E-state index contributed by atoms with van der Waals surface area (Å²) in [5, 5.41) is 0.151. The van der Waals surface area contributed by atoms with Crippen molar-refractivity contribution in [2.24, 2.45) is 5.73 Å². The molecule has 1 aromatic rings. The van der Waals surface area contributed by atoms with Crippen LogP contribution in [0.4, 0.5) is 13.2 Å². The molecule has 15 heavy (non-hydrogen) atoms. The van der Waals surface area contributed by atoms with Crippen LogP contribution in [0, 0.1) is 0 Å². The highest BCUT2D eigenvalue weighted by Gasteiger charge is 2.30. The van der Waals surface area contributed by atoms with Gasteiger partial charge in [0.15, 0.2) is 0 Å². The van der Waals surface area contributed by atoms with E-state index in [1.807, 2.05) is 0 Å². The Morgan fingerprint density at radius 1 is 1.27 bits per heavy atom. The molecule has 0 fully saturated rings. The van der Waals surface area contributed by atoms with E-state index >= 15 is 0 Å². The van der Waals surface area contributed by atoms with Crippen molar-refractivity contribution in [3.05, 3.63) is 34.3 Å². The van der Waals surface area contributed by atoms with Gasteiger partial charge in [-0.2, -0.15) is 13.2 Å². The fourth-order valence-electron chi connectivity index (χ4n) is 1.22. The first-order valence-electron chi connectivity index (χ1n) is 4.51. The van der Waals surface area contributed by atoms with Crippen LogP contribution in [-0.2, 0) is 12.6 Å². The van der Waals surface area contributed by atoms with E-state index in [1.54, 1.807) is 0 Å². The fourth-order valence-corrected chi connectivity index (χ4v) is 1.49. The maximum atomic E-state index is 12.3. The molecule has 0 aromatic heterocycles. The van der Waals surface area contributed by atoms with E-state index in [2.05, 4.69) is 0 Å². The predicted molar refractivity (Wildman–Crippen MR) is 53.8 cm³/mol. The highest BCUT2D eigenvalue weighted by atomic mass is 35.5. The second-order valence-corrected chi connectivity index (χ2v) is 3.60. The molecule has 5 heteroatoms. The van der Waals surface area contributed by atoms with Gasteiger partial charge in [-0.3, -0.25) is 0 Å². The molecule has 0 radical (unpaired) electrons. The summed E-state index contributed by atoms with van der Waals surface area (Å²) in [4.78, 5) is 0. The molecule has 0 amide bonds. The van der Waals surface area contributed by atoms with Gasteiger partial charge < -0.3 is 5.73 Å². The molecule has 0 aliphatic heterocycles. The van der Waals surface area contributed by atoms with Crippen LogP contribution in [0.15, 0.2) is 18.2 Å². The van der Waals surface area contributed by atoms with Crippen LogP contribution < -0.4 is 5.73 Å². The summed E-state index contributed by atoms with van der Waals surface area (Å²) in [6.07, 6.45) is -3.02. The quantitative estimate of drug-likeness (QED) is 0.858. The van der Waals surface area contributed by atoms with E-state index in [9.17, 15) is 13.2 Å². The number of halogens is 4. The Kier molecular flexibility index (Phi) is 3.99. The molecule has 0 saturated heterocycles. The number of alkyl halides is 3. The lowest BCUT2D eigenvalue weighted by Gasteiger charge is -2.09. The molecule has 0 saturated carbocycles. The number of hydrogen-bond donors (Lipinski definition) is 1. The molecule has 0 aliphatic rings. The minimum atomic E-state index is -4.34. The summed E-state index contributed by atoms with van der Waals surface area (Å²) in [7, 11) is 0. The van der Waals surface area contributed by atoms with Crippen molar-refractivity contribution in [2.45, 2.75) is 19.0 Å². The SMILES string of the molecule is NCCCc1ccc(C(F)(F)F)cc1Cl. The summed E-state index contributed by atoms with van der Waals surface area (Å²) in [5.41, 5.74) is 5.29. The molecule has 0 bridgehead atoms. The third kappa shape index (κ3) is 3.39. The standard InChI is InChI=1S/C10H11ClF3N/c11-9-6-8(10(12,13)14)4-3-7(9)2-1-5-15/h3-4,6H,1-2,5,15H2. The normalized spacial score (nSPS) is 11.8. The largest absolute Gasteiger partial charge is 0.416 e. The Balaban J connectivity index is 2.88. The topological polar surface area (TPSA) is 26.0 Å². The van der Waals surface area contributed by atoms with Gasteiger partial charge in [0.2, 0.25) is 0 Å². The van der Waals surface area contributed by atoms with Crippen LogP contribution in [0.25, 0.3) is 0 Å². The zero-order chi connectivity index (χ0) is 11.5. The van der Waals surface area contributed by atoms with Crippen molar-refractivity contribution in [2.75, 3.05) is 6.54 Å². The minimum absolute atomic E-state index is 0.151. The monoisotopic (exact) mass is 237 g/mol. The van der Waals surface area contributed by atoms with Crippen molar-refractivity contribution >= 4 is 11.6 Å². The predicted octanol–water partition coefficient (Wildman–Crippen LogP) is 3.25. The molecule has 1 rings (SSSR count). The van der Waals surface area contributed by atoms with Gasteiger partial charge in [-0.1, -0.05) is 17.7 Å². The van der Waals surface area contributed by atoms with E-state index in [4.69, 9.17) is 17.3 Å². The number of nitrogens with two attached hydrogens (primary N) is 1. The van der Waals surface area contributed by atoms with Crippen molar-refractivity contribution in [1.82, 2.24) is 0 Å². The van der Waals surface area contributed by atoms with Gasteiger partial charge in [0.1, 0.15) is 0 Å². The summed E-state index contributed by atoms with van der Waals surface area (Å²) in [6, 6.07) is 3.39. The fraction of sp³-hybridized carbons (Fsp3) is 0.400. The Morgan fingerprint density at radius 3 is 2.40 bits per heavy atom. The lowest BCUT2D eigenvalue weighted by molar-refractivity contribution is -0.137. The van der Waals surface area contributed by atoms with Crippen molar-refractivity contribution in [3.63, 3.8) is 0 Å². The van der Waals surface area contributed by atoms with Gasteiger partial charge in [0.25, 0.3) is 0 Å². The van der Waals surface area contributed by atoms with E-state index in [1.165, 1.54) is 6.07 Å². The van der Waals surface area contributed by atoms with Crippen LogP contribution in [0.2, 0.25) is 5.02 Å². The molecule has 0 heterocycles. The van der Waals surface area contributed by atoms with Gasteiger partial charge in [-0.15, -0.1) is 0 Å². The van der Waals surface area contributed by atoms with Gasteiger partial charge in [0, 0.05) is 5.02 Å². The summed E-state index contributed by atoms with van der Waals surface area (Å²) in [6.45, 7) is 0.497. The van der Waals surface area contributed by atoms with Crippen molar-refractivity contribution in [3.8, 4) is 0 Å². The third-order valence-electron chi connectivity index (χ3n) is 2.03. The minimum Gasteiger partial charge on any atom is -0.330 e. The Labute approximate surface area is 91.0 Å². The lowest BCUT2D eigenvalue weighted by atomic mass is 10.1. The van der Waals surface area contributed by atoms with Crippen LogP contribution in [0.5, 0.6) is 0 Å². The average molecular weight is 238 g/mol. The van der Waals surface area contributed by atoms with Crippen LogP contribution in [0.3, 0.4) is 0 Å². The van der Waals surface area contributed by atoms with E-state index in [-0.39, 0.29) is 5.02 Å². The van der Waals surface area contributed by atoms with Crippen LogP contribution >= 0.6 is 11.6 Å². The van der Waals surface area contributed by atoms with Gasteiger partial charge >= 0.3 is 6.18 Å². The van der Waals surface area contributed by atoms with Crippen LogP contribution in [-0.4, -0.2) is 6.54 Å². The van der Waals surface area contributed by atoms with Gasteiger partial charge in [0.05, 0.1) is 5.56 Å². The molecule has 0 atom stereocenters. The first-order valence-corrected chi connectivity index (χ1v) is 4.88. The smallest absolute Gasteiger partial charge is 0.330 e. The molecule has 0 aliphatic carbocycles. The molecule has 1 nitrogen and oxygen atoms in total. The van der Waals surface area contributed by atoms with E-state index in [0.717, 1.165) is 12.1 Å². The van der Waals surface area contributed by atoms with E-state index in [0.29, 0.717) is 24.9 Å². The summed E-state index contributed by atoms with van der Waals surface area (Å²) < 4.78 is 36.8. The highest BCUT2D eigenvalue weighted by Crippen LogP contribution is 2.32. The average Bonchev–Trinajstić information content (AvgIpc) is 2.14. The second kappa shape index (κ2) is 4.86. The Bertz CT molecular complexity index is 336. The van der Waals surface area contributed by atoms with Crippen LogP contribution in [0.1, 0.15) is 17.5 Å². The first kappa shape index (κ1) is 12.3. The van der Waals surface area contributed by atoms with Gasteiger partial charge in [-0.25, -0.2) is 0 Å². The zero-order valence-electron chi connectivity index (χ0n) is 7.94.